The molecule has 0 aliphatic heterocycles. The molecule has 0 spiro atoms. The number of alkyl halides is 10. The van der Waals surface area contributed by atoms with Crippen molar-refractivity contribution in [1.29, 1.82) is 0 Å². The zero-order chi connectivity index (χ0) is 31.9. The second-order valence-corrected chi connectivity index (χ2v) is 8.06. The zero-order valence-electron chi connectivity index (χ0n) is 21.9. The molecule has 8 nitrogen and oxygen atoms in total. The molecule has 0 saturated heterocycles. The van der Waals surface area contributed by atoms with Crippen LogP contribution in [-0.2, 0) is 36.8 Å². The Balaban J connectivity index is 0. The Hall–Kier alpha value is -3.34. The summed E-state index contributed by atoms with van der Waals surface area (Å²) in [5, 5.41) is 18.1. The van der Waals surface area contributed by atoms with Crippen molar-refractivity contribution in [3.63, 3.8) is 0 Å². The van der Waals surface area contributed by atoms with Gasteiger partial charge < -0.3 is 19.8 Å². The fourth-order valence-electron chi connectivity index (χ4n) is 2.26. The largest absolute Gasteiger partial charge is 0.544 e. The average Bonchev–Trinajstić information content (AvgIpc) is 3.43. The molecule has 0 amide bonds. The summed E-state index contributed by atoms with van der Waals surface area (Å²) in [5.41, 5.74) is 0. The first-order valence-corrected chi connectivity index (χ1v) is 11.4. The van der Waals surface area contributed by atoms with E-state index in [9.17, 15) is 53.8 Å². The Morgan fingerprint density at radius 3 is 1.18 bits per heavy atom. The van der Waals surface area contributed by atoms with Crippen LogP contribution in [0.25, 0.3) is 0 Å². The van der Waals surface area contributed by atoms with E-state index in [1.807, 2.05) is 14.1 Å². The van der Waals surface area contributed by atoms with Gasteiger partial charge in [0.1, 0.15) is 36.7 Å². The molecule has 2 aromatic rings. The van der Waals surface area contributed by atoms with Crippen LogP contribution in [0.1, 0.15) is 39.5 Å². The van der Waals surface area contributed by atoms with Gasteiger partial charge in [-0.1, -0.05) is 26.7 Å². The number of carbonyl (C=O) groups excluding carboxylic acids is 2. The molecule has 2 heterocycles. The third kappa shape index (κ3) is 14.2. The normalized spacial score (nSPS) is 11.8. The number of aromatic nitrogens is 4. The lowest BCUT2D eigenvalue weighted by molar-refractivity contribution is -0.671. The maximum absolute atomic E-state index is 11.7. The highest BCUT2D eigenvalue weighted by molar-refractivity contribution is 5.74. The maximum Gasteiger partial charge on any atom is 0.460 e. The first-order valence-electron chi connectivity index (χ1n) is 11.4. The van der Waals surface area contributed by atoms with Gasteiger partial charge in [-0.25, -0.2) is 18.3 Å². The predicted molar refractivity (Wildman–Crippen MR) is 113 cm³/mol. The lowest BCUT2D eigenvalue weighted by Gasteiger charge is -2.28. The Kier molecular flexibility index (Phi) is 16.2. The number of carbonyl (C=O) groups is 2. The quantitative estimate of drug-likeness (QED) is 0.341. The van der Waals surface area contributed by atoms with E-state index in [1.54, 1.807) is 0 Å². The Morgan fingerprint density at radius 2 is 1.02 bits per heavy atom. The molecule has 0 fully saturated rings. The third-order valence-corrected chi connectivity index (χ3v) is 4.43. The highest BCUT2D eigenvalue weighted by Crippen LogP contribution is 2.46. The molecule has 0 atom stereocenters. The van der Waals surface area contributed by atoms with Crippen molar-refractivity contribution in [2.75, 3.05) is 0 Å². The topological polar surface area (TPSA) is 97.9 Å². The van der Waals surface area contributed by atoms with Crippen molar-refractivity contribution in [1.82, 2.24) is 9.13 Å². The molecule has 2 rings (SSSR count). The summed E-state index contributed by atoms with van der Waals surface area (Å²) in [7, 11) is 4.09. The number of imidazole rings is 2. The number of hydrogen-bond donors (Lipinski definition) is 0. The highest BCUT2D eigenvalue weighted by Gasteiger charge is 2.73. The van der Waals surface area contributed by atoms with Gasteiger partial charge in [0.25, 0.3) is 0 Å². The number of hydrogen-bond acceptors (Lipinski definition) is 4. The number of nitrogens with zero attached hydrogens (tertiary/aromatic N) is 4. The molecule has 0 unspecified atom stereocenters. The van der Waals surface area contributed by atoms with Crippen molar-refractivity contribution < 1.29 is 72.8 Å². The van der Waals surface area contributed by atoms with Gasteiger partial charge in [-0.15, -0.1) is 0 Å². The highest BCUT2D eigenvalue weighted by atomic mass is 19.4. The number of carboxylic acids is 2. The van der Waals surface area contributed by atoms with Crippen molar-refractivity contribution >= 4 is 11.9 Å². The van der Waals surface area contributed by atoms with Crippen molar-refractivity contribution in [3.8, 4) is 0 Å². The SMILES string of the molecule is CCCCn1cc[n+](C)c1.CCCCn1cc[n+](C)c1.O=C([O-])C(F)(F)C(F)(F)C(F)(F)F.O=C([O-])C(F)(F)F. The molecule has 0 aromatic carbocycles. The molecular weight excluding hydrogens is 574 g/mol. The summed E-state index contributed by atoms with van der Waals surface area (Å²) in [6.07, 6.45) is 5.80. The van der Waals surface area contributed by atoms with E-state index in [0.29, 0.717) is 0 Å². The van der Waals surface area contributed by atoms with Crippen LogP contribution < -0.4 is 19.3 Å². The summed E-state index contributed by atoms with van der Waals surface area (Å²) in [5.74, 6) is -19.7. The lowest BCUT2D eigenvalue weighted by Crippen LogP contribution is -2.60. The molecule has 0 N–H and O–H groups in total. The standard InChI is InChI=1S/2C8H15N2.C4HF7O2.C2HF3O2/c2*1-3-4-5-10-7-6-9(2)8-10;5-2(6,1(12)13)3(7,8)4(9,10)11;3-2(4,5)1(6)7/h2*6-8H,3-5H2,1-2H3;(H,12,13);(H,6,7)/q2*+1;;/p-2. The van der Waals surface area contributed by atoms with Crippen LogP contribution in [-0.4, -0.2) is 45.3 Å². The van der Waals surface area contributed by atoms with Gasteiger partial charge in [-0.05, 0) is 12.8 Å². The summed E-state index contributed by atoms with van der Waals surface area (Å²) in [6.45, 7) is 6.72. The molecule has 40 heavy (non-hydrogen) atoms. The minimum absolute atomic E-state index is 1.15. The van der Waals surface area contributed by atoms with Gasteiger partial charge in [-0.3, -0.25) is 0 Å². The average molecular weight is 604 g/mol. The Morgan fingerprint density at radius 1 is 0.700 bits per heavy atom. The second-order valence-electron chi connectivity index (χ2n) is 8.06. The fourth-order valence-corrected chi connectivity index (χ4v) is 2.26. The molecule has 232 valence electrons. The molecule has 18 heteroatoms. The second kappa shape index (κ2) is 16.7. The van der Waals surface area contributed by atoms with E-state index in [1.165, 1.54) is 25.7 Å². The minimum atomic E-state index is -6.64. The van der Waals surface area contributed by atoms with Gasteiger partial charge in [0.2, 0.25) is 12.7 Å². The van der Waals surface area contributed by atoms with Gasteiger partial charge in [0.05, 0.1) is 27.2 Å². The first kappa shape index (κ1) is 38.8. The van der Waals surface area contributed by atoms with Crippen molar-refractivity contribution in [2.24, 2.45) is 14.1 Å². The summed E-state index contributed by atoms with van der Waals surface area (Å²) in [4.78, 5) is 18.1. The molecule has 0 bridgehead atoms. The number of carboxylic acid groups (broad SMARTS) is 2. The van der Waals surface area contributed by atoms with Gasteiger partial charge in [-0.2, -0.15) is 43.9 Å². The summed E-state index contributed by atoms with van der Waals surface area (Å²) < 4.78 is 120. The van der Waals surface area contributed by atoms with Gasteiger partial charge in [0.15, 0.2) is 0 Å². The van der Waals surface area contributed by atoms with E-state index in [-0.39, 0.29) is 0 Å². The van der Waals surface area contributed by atoms with Crippen LogP contribution in [0.4, 0.5) is 43.9 Å². The molecular formula is C22H30F10N4O4. The van der Waals surface area contributed by atoms with Crippen LogP contribution in [0.2, 0.25) is 0 Å². The van der Waals surface area contributed by atoms with Crippen LogP contribution in [0.5, 0.6) is 0 Å². The molecule has 0 saturated carbocycles. The lowest BCUT2D eigenvalue weighted by atomic mass is 10.1. The van der Waals surface area contributed by atoms with Crippen LogP contribution in [0.15, 0.2) is 37.4 Å². The number of aryl methyl sites for hydroxylation is 4. The monoisotopic (exact) mass is 604 g/mol. The molecule has 2 aromatic heterocycles. The van der Waals surface area contributed by atoms with E-state index in [4.69, 9.17) is 9.90 Å². The van der Waals surface area contributed by atoms with Gasteiger partial charge in [0, 0.05) is 0 Å². The Labute approximate surface area is 223 Å². The number of rotatable bonds is 8. The van der Waals surface area contributed by atoms with Crippen molar-refractivity contribution in [2.45, 2.75) is 76.8 Å². The van der Waals surface area contributed by atoms with E-state index < -0.39 is 36.1 Å². The number of halogens is 10. The number of aliphatic carboxylic acids is 2. The third-order valence-electron chi connectivity index (χ3n) is 4.43. The van der Waals surface area contributed by atoms with Crippen LogP contribution in [0, 0.1) is 0 Å². The first-order chi connectivity index (χ1) is 18.0. The summed E-state index contributed by atoms with van der Waals surface area (Å²) in [6, 6.07) is 0. The van der Waals surface area contributed by atoms with Crippen LogP contribution >= 0.6 is 0 Å². The molecule has 0 radical (unpaired) electrons. The number of unbranched alkanes of at least 4 members (excludes halogenated alkanes) is 2. The molecule has 0 aliphatic carbocycles. The van der Waals surface area contributed by atoms with Crippen LogP contribution in [0.3, 0.4) is 0 Å². The Bertz CT molecular complexity index is 974. The fraction of sp³-hybridized carbons (Fsp3) is 0.636. The molecule has 0 aliphatic rings. The van der Waals surface area contributed by atoms with Crippen molar-refractivity contribution in [3.05, 3.63) is 37.4 Å². The van der Waals surface area contributed by atoms with Gasteiger partial charge >= 0.3 is 24.2 Å². The van der Waals surface area contributed by atoms with E-state index >= 15 is 0 Å². The van der Waals surface area contributed by atoms with E-state index in [2.05, 4.69) is 69.6 Å². The zero-order valence-corrected chi connectivity index (χ0v) is 21.9. The smallest absolute Gasteiger partial charge is 0.460 e. The maximum atomic E-state index is 11.7. The minimum Gasteiger partial charge on any atom is -0.544 e. The predicted octanol–water partition coefficient (Wildman–Crippen LogP) is 2.09. The summed E-state index contributed by atoms with van der Waals surface area (Å²) >= 11 is 0. The van der Waals surface area contributed by atoms with E-state index in [0.717, 1.165) is 13.1 Å².